The first kappa shape index (κ1) is 19.5. The van der Waals surface area contributed by atoms with E-state index in [0.29, 0.717) is 39.1 Å². The van der Waals surface area contributed by atoms with Crippen molar-refractivity contribution in [2.45, 2.75) is 25.5 Å². The van der Waals surface area contributed by atoms with E-state index in [1.165, 1.54) is 6.33 Å². The van der Waals surface area contributed by atoms with Gasteiger partial charge in [-0.3, -0.25) is 9.78 Å². The summed E-state index contributed by atoms with van der Waals surface area (Å²) in [6.07, 6.45) is 2.25. The molecule has 150 valence electrons. The summed E-state index contributed by atoms with van der Waals surface area (Å²) in [5.74, 6) is 0.0565. The van der Waals surface area contributed by atoms with Gasteiger partial charge in [0.2, 0.25) is 5.91 Å². The van der Waals surface area contributed by atoms with Gasteiger partial charge in [0, 0.05) is 30.1 Å². The van der Waals surface area contributed by atoms with Crippen LogP contribution in [0.15, 0.2) is 48.8 Å². The zero-order chi connectivity index (χ0) is 20.1. The van der Waals surface area contributed by atoms with Crippen LogP contribution in [0.2, 0.25) is 5.02 Å². The normalized spacial score (nSPS) is 16.7. The number of rotatable bonds is 6. The van der Waals surface area contributed by atoms with E-state index in [1.807, 2.05) is 47.4 Å². The van der Waals surface area contributed by atoms with Crippen LogP contribution >= 0.6 is 11.6 Å². The van der Waals surface area contributed by atoms with Gasteiger partial charge in [0.1, 0.15) is 12.4 Å². The topological polar surface area (TPSA) is 86.0 Å². The molecular weight excluding hydrogens is 392 g/mol. The second-order valence-electron chi connectivity index (χ2n) is 6.84. The van der Waals surface area contributed by atoms with Gasteiger partial charge in [-0.05, 0) is 34.2 Å². The van der Waals surface area contributed by atoms with Crippen LogP contribution in [-0.4, -0.2) is 55.7 Å². The van der Waals surface area contributed by atoms with Crippen LogP contribution in [0.1, 0.15) is 29.5 Å². The molecule has 0 radical (unpaired) electrons. The van der Waals surface area contributed by atoms with Crippen molar-refractivity contribution in [3.8, 4) is 0 Å². The van der Waals surface area contributed by atoms with E-state index in [-0.39, 0.29) is 12.0 Å². The van der Waals surface area contributed by atoms with Crippen molar-refractivity contribution in [1.29, 1.82) is 0 Å². The highest BCUT2D eigenvalue weighted by molar-refractivity contribution is 6.31. The fourth-order valence-electron chi connectivity index (χ4n) is 3.32. The van der Waals surface area contributed by atoms with Gasteiger partial charge < -0.3 is 9.64 Å². The average Bonchev–Trinajstić information content (AvgIpc) is 3.28. The number of carbonyl (C=O) groups excluding carboxylic acids is 1. The lowest BCUT2D eigenvalue weighted by molar-refractivity contribution is -0.139. The summed E-state index contributed by atoms with van der Waals surface area (Å²) >= 11 is 6.27. The second-order valence-corrected chi connectivity index (χ2v) is 7.25. The molecule has 1 amide bonds. The predicted molar refractivity (Wildman–Crippen MR) is 106 cm³/mol. The molecular formula is C20H21ClN6O2. The molecule has 1 saturated heterocycles. The highest BCUT2D eigenvalue weighted by Crippen LogP contribution is 2.23. The summed E-state index contributed by atoms with van der Waals surface area (Å²) in [6, 6.07) is 13.6. The number of aromatic nitrogens is 5. The minimum absolute atomic E-state index is 0.0565. The first-order valence-electron chi connectivity index (χ1n) is 9.48. The largest absolute Gasteiger partial charge is 0.368 e. The molecule has 8 nitrogen and oxygen atoms in total. The minimum atomic E-state index is -0.244. The number of nitrogens with zero attached hydrogens (tertiary/aromatic N) is 6. The third-order valence-corrected chi connectivity index (χ3v) is 5.22. The van der Waals surface area contributed by atoms with E-state index in [0.717, 1.165) is 22.0 Å². The highest BCUT2D eigenvalue weighted by atomic mass is 35.5. The maximum Gasteiger partial charge on any atom is 0.224 e. The molecule has 0 bridgehead atoms. The molecule has 0 aliphatic carbocycles. The number of ether oxygens (including phenoxy) is 1. The summed E-state index contributed by atoms with van der Waals surface area (Å²) in [6.45, 7) is 2.00. The van der Waals surface area contributed by atoms with Crippen LogP contribution in [0.5, 0.6) is 0 Å². The molecule has 0 N–H and O–H groups in total. The standard InChI is InChI=1S/C20H21ClN6O2/c21-17-6-2-1-4-15(17)12-16-5-3-7-18(23-16)19-13-26(10-11-29-19)20(28)8-9-27-14-22-24-25-27/h1-7,14,19H,8-13H2/t19-/m0/s1. The van der Waals surface area contributed by atoms with Crippen molar-refractivity contribution in [2.24, 2.45) is 0 Å². The van der Waals surface area contributed by atoms with Crippen LogP contribution in [-0.2, 0) is 22.5 Å². The zero-order valence-electron chi connectivity index (χ0n) is 15.8. The number of halogens is 1. The smallest absolute Gasteiger partial charge is 0.224 e. The van der Waals surface area contributed by atoms with Crippen molar-refractivity contribution < 1.29 is 9.53 Å². The number of hydrogen-bond acceptors (Lipinski definition) is 6. The average molecular weight is 413 g/mol. The highest BCUT2D eigenvalue weighted by Gasteiger charge is 2.26. The van der Waals surface area contributed by atoms with Gasteiger partial charge in [0.15, 0.2) is 0 Å². The number of morpholine rings is 1. The van der Waals surface area contributed by atoms with E-state index in [1.54, 1.807) is 4.68 Å². The van der Waals surface area contributed by atoms with Crippen molar-refractivity contribution in [2.75, 3.05) is 19.7 Å². The van der Waals surface area contributed by atoms with Gasteiger partial charge in [0.05, 0.1) is 25.4 Å². The Kier molecular flexibility index (Phi) is 6.12. The van der Waals surface area contributed by atoms with Crippen LogP contribution < -0.4 is 0 Å². The Bertz CT molecular complexity index is 965. The minimum Gasteiger partial charge on any atom is -0.368 e. The van der Waals surface area contributed by atoms with Crippen LogP contribution in [0, 0.1) is 0 Å². The lowest BCUT2D eigenvalue weighted by Gasteiger charge is -2.33. The molecule has 1 fully saturated rings. The van der Waals surface area contributed by atoms with Crippen molar-refractivity contribution >= 4 is 17.5 Å². The number of amides is 1. The summed E-state index contributed by atoms with van der Waals surface area (Å²) in [5.41, 5.74) is 2.77. The van der Waals surface area contributed by atoms with Crippen molar-refractivity contribution in [3.05, 3.63) is 70.8 Å². The summed E-state index contributed by atoms with van der Waals surface area (Å²) in [7, 11) is 0. The van der Waals surface area contributed by atoms with E-state index in [4.69, 9.17) is 21.3 Å². The van der Waals surface area contributed by atoms with Gasteiger partial charge in [0.25, 0.3) is 0 Å². The number of aryl methyl sites for hydroxylation is 1. The molecule has 9 heteroatoms. The molecule has 0 saturated carbocycles. The molecule has 3 aromatic rings. The van der Waals surface area contributed by atoms with E-state index < -0.39 is 0 Å². The third-order valence-electron chi connectivity index (χ3n) is 4.85. The Labute approximate surface area is 173 Å². The number of hydrogen-bond donors (Lipinski definition) is 0. The summed E-state index contributed by atoms with van der Waals surface area (Å²) in [5, 5.41) is 11.7. The van der Waals surface area contributed by atoms with Crippen LogP contribution in [0.25, 0.3) is 0 Å². The first-order valence-corrected chi connectivity index (χ1v) is 9.86. The van der Waals surface area contributed by atoms with Gasteiger partial charge in [-0.15, -0.1) is 5.10 Å². The number of carbonyl (C=O) groups is 1. The summed E-state index contributed by atoms with van der Waals surface area (Å²) in [4.78, 5) is 19.2. The molecule has 1 atom stereocenters. The number of tetrazole rings is 1. The van der Waals surface area contributed by atoms with Gasteiger partial charge in [-0.25, -0.2) is 4.68 Å². The Hall–Kier alpha value is -2.84. The van der Waals surface area contributed by atoms with E-state index >= 15 is 0 Å². The van der Waals surface area contributed by atoms with E-state index in [2.05, 4.69) is 15.5 Å². The molecule has 4 rings (SSSR count). The van der Waals surface area contributed by atoms with Crippen LogP contribution in [0.3, 0.4) is 0 Å². The monoisotopic (exact) mass is 412 g/mol. The molecule has 0 spiro atoms. The lowest BCUT2D eigenvalue weighted by atomic mass is 10.1. The molecule has 1 aromatic carbocycles. The third kappa shape index (κ3) is 4.96. The quantitative estimate of drug-likeness (QED) is 0.617. The Morgan fingerprint density at radius 2 is 2.10 bits per heavy atom. The second kappa shape index (κ2) is 9.11. The van der Waals surface area contributed by atoms with Crippen molar-refractivity contribution in [1.82, 2.24) is 30.1 Å². The molecule has 3 heterocycles. The fourth-order valence-corrected chi connectivity index (χ4v) is 3.52. The Morgan fingerprint density at radius 1 is 1.21 bits per heavy atom. The lowest BCUT2D eigenvalue weighted by Crippen LogP contribution is -2.42. The molecule has 0 unspecified atom stereocenters. The SMILES string of the molecule is O=C(CCn1cnnn1)N1CCO[C@H](c2cccc(Cc3ccccc3Cl)n2)C1. The predicted octanol–water partition coefficient (Wildman–Crippen LogP) is 2.30. The zero-order valence-corrected chi connectivity index (χ0v) is 16.6. The molecule has 1 aliphatic rings. The van der Waals surface area contributed by atoms with E-state index in [9.17, 15) is 4.79 Å². The number of benzene rings is 1. The van der Waals surface area contributed by atoms with Crippen molar-refractivity contribution in [3.63, 3.8) is 0 Å². The Balaban J connectivity index is 1.40. The molecule has 29 heavy (non-hydrogen) atoms. The summed E-state index contributed by atoms with van der Waals surface area (Å²) < 4.78 is 7.45. The Morgan fingerprint density at radius 3 is 2.93 bits per heavy atom. The molecule has 1 aliphatic heterocycles. The maximum absolute atomic E-state index is 12.6. The first-order chi connectivity index (χ1) is 14.2. The van der Waals surface area contributed by atoms with Gasteiger partial charge in [-0.2, -0.15) is 0 Å². The van der Waals surface area contributed by atoms with Gasteiger partial charge >= 0.3 is 0 Å². The van der Waals surface area contributed by atoms with Gasteiger partial charge in [-0.1, -0.05) is 35.9 Å². The maximum atomic E-state index is 12.6. The van der Waals surface area contributed by atoms with Crippen LogP contribution in [0.4, 0.5) is 0 Å². The number of pyridine rings is 1. The fraction of sp³-hybridized carbons (Fsp3) is 0.350. The molecule has 2 aromatic heterocycles.